The number of nitrogen functional groups attached to an aromatic ring is 1. The lowest BCUT2D eigenvalue weighted by Gasteiger charge is -2.15. The van der Waals surface area contributed by atoms with Gasteiger partial charge in [0, 0.05) is 37.2 Å². The zero-order valence-electron chi connectivity index (χ0n) is 13.7. The van der Waals surface area contributed by atoms with E-state index in [1.165, 1.54) is 18.2 Å². The van der Waals surface area contributed by atoms with E-state index in [0.29, 0.717) is 24.3 Å². The zero-order valence-corrected chi connectivity index (χ0v) is 13.7. The van der Waals surface area contributed by atoms with Crippen molar-refractivity contribution >= 4 is 17.5 Å². The summed E-state index contributed by atoms with van der Waals surface area (Å²) in [5.74, 6) is -0.288. The van der Waals surface area contributed by atoms with Crippen molar-refractivity contribution in [2.45, 2.75) is 18.8 Å². The molecule has 3 rings (SSSR count). The number of nitrogens with two attached hydrogens (primary N) is 1. The molecule has 7 nitrogen and oxygen atoms in total. The lowest BCUT2D eigenvalue weighted by atomic mass is 10.1. The van der Waals surface area contributed by atoms with Crippen LogP contribution in [-0.2, 0) is 4.79 Å². The molecule has 1 aromatic heterocycles. The molecule has 1 aliphatic rings. The number of anilines is 2. The SMILES string of the molecule is Nc1nc(C2CCN(CCC(=O)Nc3cccc(F)c3)C2)cc(=O)[nH]1. The number of nitrogens with one attached hydrogen (secondary N) is 2. The molecule has 1 aromatic carbocycles. The summed E-state index contributed by atoms with van der Waals surface area (Å²) in [6, 6.07) is 7.29. The summed E-state index contributed by atoms with van der Waals surface area (Å²) in [6.07, 6.45) is 1.18. The van der Waals surface area contributed by atoms with Crippen LogP contribution < -0.4 is 16.6 Å². The van der Waals surface area contributed by atoms with Crippen molar-refractivity contribution in [3.63, 3.8) is 0 Å². The monoisotopic (exact) mass is 345 g/mol. The second-order valence-electron chi connectivity index (χ2n) is 6.15. The van der Waals surface area contributed by atoms with Crippen LogP contribution in [0.3, 0.4) is 0 Å². The Balaban J connectivity index is 1.50. The molecule has 0 aliphatic carbocycles. The number of H-pyrrole nitrogens is 1. The summed E-state index contributed by atoms with van der Waals surface area (Å²) < 4.78 is 13.1. The Morgan fingerprint density at radius 2 is 2.28 bits per heavy atom. The summed E-state index contributed by atoms with van der Waals surface area (Å²) in [5, 5.41) is 2.68. The van der Waals surface area contributed by atoms with Crippen molar-refractivity contribution in [3.05, 3.63) is 52.2 Å². The van der Waals surface area contributed by atoms with Gasteiger partial charge in [-0.05, 0) is 31.2 Å². The Kier molecular flexibility index (Phi) is 5.08. The Labute approximate surface area is 144 Å². The topological polar surface area (TPSA) is 104 Å². The number of likely N-dealkylation sites (tertiary alicyclic amines) is 1. The zero-order chi connectivity index (χ0) is 17.8. The highest BCUT2D eigenvalue weighted by Crippen LogP contribution is 2.25. The van der Waals surface area contributed by atoms with Crippen LogP contribution in [0.5, 0.6) is 0 Å². The van der Waals surface area contributed by atoms with Crippen molar-refractivity contribution in [1.82, 2.24) is 14.9 Å². The van der Waals surface area contributed by atoms with Crippen LogP contribution >= 0.6 is 0 Å². The minimum absolute atomic E-state index is 0.121. The fourth-order valence-corrected chi connectivity index (χ4v) is 3.03. The molecule has 4 N–H and O–H groups in total. The summed E-state index contributed by atoms with van der Waals surface area (Å²) in [7, 11) is 0. The first kappa shape index (κ1) is 17.1. The summed E-state index contributed by atoms with van der Waals surface area (Å²) in [5.41, 5.74) is 6.47. The van der Waals surface area contributed by atoms with Crippen LogP contribution in [0.1, 0.15) is 24.5 Å². The summed E-state index contributed by atoms with van der Waals surface area (Å²) in [4.78, 5) is 32.2. The van der Waals surface area contributed by atoms with Crippen LogP contribution in [0, 0.1) is 5.82 Å². The Morgan fingerprint density at radius 3 is 3.04 bits per heavy atom. The molecular weight excluding hydrogens is 325 g/mol. The number of nitrogens with zero attached hydrogens (tertiary/aromatic N) is 2. The molecule has 0 bridgehead atoms. The molecule has 1 fully saturated rings. The first-order valence-corrected chi connectivity index (χ1v) is 8.14. The second-order valence-corrected chi connectivity index (χ2v) is 6.15. The number of rotatable bonds is 5. The highest BCUT2D eigenvalue weighted by Gasteiger charge is 2.25. The Morgan fingerprint density at radius 1 is 1.44 bits per heavy atom. The van der Waals surface area contributed by atoms with Crippen LogP contribution in [0.2, 0.25) is 0 Å². The predicted octanol–water partition coefficient (Wildman–Crippen LogP) is 1.31. The third kappa shape index (κ3) is 4.63. The molecule has 0 saturated carbocycles. The number of halogens is 1. The van der Waals surface area contributed by atoms with Gasteiger partial charge in [-0.2, -0.15) is 0 Å². The maximum atomic E-state index is 13.1. The van der Waals surface area contributed by atoms with Gasteiger partial charge in [-0.25, -0.2) is 9.37 Å². The van der Waals surface area contributed by atoms with Crippen LogP contribution in [-0.4, -0.2) is 40.4 Å². The standard InChI is InChI=1S/C17H20FN5O2/c18-12-2-1-3-13(8-12)20-15(24)5-7-23-6-4-11(10-23)14-9-16(25)22-17(19)21-14/h1-3,8-9,11H,4-7,10H2,(H,20,24)(H3,19,21,22,25). The smallest absolute Gasteiger partial charge is 0.252 e. The van der Waals surface area contributed by atoms with Gasteiger partial charge in [0.2, 0.25) is 11.9 Å². The van der Waals surface area contributed by atoms with Gasteiger partial charge in [0.05, 0.1) is 5.69 Å². The van der Waals surface area contributed by atoms with Gasteiger partial charge in [0.25, 0.3) is 5.56 Å². The van der Waals surface area contributed by atoms with E-state index in [-0.39, 0.29) is 29.1 Å². The van der Waals surface area contributed by atoms with Gasteiger partial charge in [0.1, 0.15) is 5.82 Å². The molecular formula is C17H20FN5O2. The fraction of sp³-hybridized carbons (Fsp3) is 0.353. The van der Waals surface area contributed by atoms with E-state index in [1.807, 2.05) is 0 Å². The molecule has 1 aliphatic heterocycles. The van der Waals surface area contributed by atoms with Crippen molar-refractivity contribution in [3.8, 4) is 0 Å². The molecule has 1 atom stereocenters. The fourth-order valence-electron chi connectivity index (χ4n) is 3.03. The number of aromatic amines is 1. The average Bonchev–Trinajstić information content (AvgIpc) is 3.01. The molecule has 1 amide bonds. The minimum atomic E-state index is -0.384. The van der Waals surface area contributed by atoms with E-state index >= 15 is 0 Å². The van der Waals surface area contributed by atoms with E-state index in [0.717, 1.165) is 19.5 Å². The van der Waals surface area contributed by atoms with Crippen LogP contribution in [0.4, 0.5) is 16.0 Å². The normalized spacial score (nSPS) is 17.6. The lowest BCUT2D eigenvalue weighted by Crippen LogP contribution is -2.26. The second kappa shape index (κ2) is 7.43. The number of amides is 1. The van der Waals surface area contributed by atoms with E-state index in [4.69, 9.17) is 5.73 Å². The van der Waals surface area contributed by atoms with Gasteiger partial charge in [0.15, 0.2) is 0 Å². The van der Waals surface area contributed by atoms with E-state index in [1.54, 1.807) is 12.1 Å². The maximum absolute atomic E-state index is 13.1. The van der Waals surface area contributed by atoms with Crippen LogP contribution in [0.25, 0.3) is 0 Å². The minimum Gasteiger partial charge on any atom is -0.369 e. The quantitative estimate of drug-likeness (QED) is 0.758. The third-order valence-corrected chi connectivity index (χ3v) is 4.23. The molecule has 0 spiro atoms. The number of hydrogen-bond acceptors (Lipinski definition) is 5. The largest absolute Gasteiger partial charge is 0.369 e. The summed E-state index contributed by atoms with van der Waals surface area (Å²) in [6.45, 7) is 2.14. The van der Waals surface area contributed by atoms with Crippen molar-refractivity contribution in [2.24, 2.45) is 0 Å². The molecule has 2 heterocycles. The van der Waals surface area contributed by atoms with Gasteiger partial charge >= 0.3 is 0 Å². The number of carbonyl (C=O) groups is 1. The molecule has 0 radical (unpaired) electrons. The highest BCUT2D eigenvalue weighted by molar-refractivity contribution is 5.90. The third-order valence-electron chi connectivity index (χ3n) is 4.23. The molecule has 25 heavy (non-hydrogen) atoms. The molecule has 132 valence electrons. The molecule has 2 aromatic rings. The first-order chi connectivity index (χ1) is 12.0. The number of carbonyl (C=O) groups excluding carboxylic acids is 1. The average molecular weight is 345 g/mol. The van der Waals surface area contributed by atoms with Crippen LogP contribution in [0.15, 0.2) is 35.1 Å². The first-order valence-electron chi connectivity index (χ1n) is 8.14. The Hall–Kier alpha value is -2.74. The molecule has 1 unspecified atom stereocenters. The lowest BCUT2D eigenvalue weighted by molar-refractivity contribution is -0.116. The van der Waals surface area contributed by atoms with E-state index in [9.17, 15) is 14.0 Å². The number of aromatic nitrogens is 2. The number of hydrogen-bond donors (Lipinski definition) is 3. The van der Waals surface area contributed by atoms with E-state index in [2.05, 4.69) is 20.2 Å². The van der Waals surface area contributed by atoms with Crippen molar-refractivity contribution < 1.29 is 9.18 Å². The number of benzene rings is 1. The van der Waals surface area contributed by atoms with Gasteiger partial charge in [-0.15, -0.1) is 0 Å². The van der Waals surface area contributed by atoms with Crippen molar-refractivity contribution in [2.75, 3.05) is 30.7 Å². The van der Waals surface area contributed by atoms with Gasteiger partial charge in [-0.1, -0.05) is 6.07 Å². The predicted molar refractivity (Wildman–Crippen MR) is 92.7 cm³/mol. The van der Waals surface area contributed by atoms with E-state index < -0.39 is 0 Å². The molecule has 8 heteroatoms. The van der Waals surface area contributed by atoms with Crippen molar-refractivity contribution in [1.29, 1.82) is 0 Å². The molecule has 1 saturated heterocycles. The van der Waals surface area contributed by atoms with Gasteiger partial charge < -0.3 is 16.0 Å². The van der Waals surface area contributed by atoms with Gasteiger partial charge in [-0.3, -0.25) is 14.6 Å². The maximum Gasteiger partial charge on any atom is 0.252 e. The highest BCUT2D eigenvalue weighted by atomic mass is 19.1. The Bertz CT molecular complexity index is 823. The summed E-state index contributed by atoms with van der Waals surface area (Å²) >= 11 is 0.